The molecule has 0 bridgehead atoms. The first-order valence-electron chi connectivity index (χ1n) is 8.86. The van der Waals surface area contributed by atoms with Crippen LogP contribution >= 0.6 is 22.6 Å². The molecule has 0 saturated heterocycles. The second kappa shape index (κ2) is 8.66. The van der Waals surface area contributed by atoms with Gasteiger partial charge in [-0.2, -0.15) is 27.6 Å². The molecule has 30 heavy (non-hydrogen) atoms. The maximum absolute atomic E-state index is 12.8. The van der Waals surface area contributed by atoms with Gasteiger partial charge in [0.25, 0.3) is 0 Å². The molecule has 158 valence electrons. The molecule has 0 aliphatic carbocycles. The van der Waals surface area contributed by atoms with E-state index in [1.807, 2.05) is 24.3 Å². The van der Waals surface area contributed by atoms with E-state index >= 15 is 0 Å². The average Bonchev–Trinajstić information content (AvgIpc) is 3.17. The van der Waals surface area contributed by atoms with Crippen molar-refractivity contribution in [1.29, 1.82) is 0 Å². The van der Waals surface area contributed by atoms with Crippen molar-refractivity contribution in [2.45, 2.75) is 31.7 Å². The molecule has 0 radical (unpaired) electrons. The van der Waals surface area contributed by atoms with Crippen LogP contribution in [0.1, 0.15) is 29.6 Å². The molecule has 1 N–H and O–H groups in total. The van der Waals surface area contributed by atoms with Crippen LogP contribution in [-0.2, 0) is 0 Å². The van der Waals surface area contributed by atoms with Crippen LogP contribution in [0.5, 0.6) is 11.5 Å². The van der Waals surface area contributed by atoms with Gasteiger partial charge >= 0.3 is 13.2 Å². The lowest BCUT2D eigenvalue weighted by atomic mass is 9.93. The Morgan fingerprint density at radius 1 is 0.967 bits per heavy atom. The predicted octanol–water partition coefficient (Wildman–Crippen LogP) is 5.23. The normalized spacial score (nSPS) is 18.2. The number of hydrogen-bond donors (Lipinski definition) is 1. The van der Waals surface area contributed by atoms with E-state index in [1.54, 1.807) is 4.68 Å². The lowest BCUT2D eigenvalue weighted by Gasteiger charge is -2.32. The van der Waals surface area contributed by atoms with Gasteiger partial charge in [0.05, 0.1) is 12.1 Å². The lowest BCUT2D eigenvalue weighted by molar-refractivity contribution is -0.0692. The smallest absolute Gasteiger partial charge is 0.387 e. The van der Waals surface area contributed by atoms with Crippen LogP contribution in [0.4, 0.5) is 23.5 Å². The van der Waals surface area contributed by atoms with Crippen molar-refractivity contribution < 1.29 is 27.0 Å². The molecule has 1 aromatic heterocycles. The van der Waals surface area contributed by atoms with Gasteiger partial charge in [-0.25, -0.2) is 4.68 Å². The van der Waals surface area contributed by atoms with Crippen molar-refractivity contribution in [3.63, 3.8) is 0 Å². The van der Waals surface area contributed by atoms with Crippen LogP contribution in [0.2, 0.25) is 0 Å². The fourth-order valence-electron chi connectivity index (χ4n) is 3.42. The standard InChI is InChI=1S/C19H15F4IN4O2/c20-17(21)29-15-6-3-11(7-16(15)30-18(22)23)14-8-13(10-1-4-12(24)5-2-10)27-19-25-9-26-28(14)19/h1-7,9,13-14,17-18H,8H2,(H,25,26,27). The van der Waals surface area contributed by atoms with E-state index in [1.165, 1.54) is 24.5 Å². The number of benzene rings is 2. The molecule has 2 aromatic carbocycles. The Morgan fingerprint density at radius 2 is 1.63 bits per heavy atom. The summed E-state index contributed by atoms with van der Waals surface area (Å²) in [6.45, 7) is -6.35. The number of halogens is 5. The molecular weight excluding hydrogens is 519 g/mol. The van der Waals surface area contributed by atoms with Crippen molar-refractivity contribution in [3.8, 4) is 11.5 Å². The number of nitrogens with zero attached hydrogens (tertiary/aromatic N) is 3. The number of ether oxygens (including phenoxy) is 2. The van der Waals surface area contributed by atoms with Crippen LogP contribution in [0.15, 0.2) is 48.8 Å². The average molecular weight is 534 g/mol. The fraction of sp³-hybridized carbons (Fsp3) is 0.263. The van der Waals surface area contributed by atoms with Crippen molar-refractivity contribution in [1.82, 2.24) is 14.8 Å². The molecule has 0 amide bonds. The van der Waals surface area contributed by atoms with Gasteiger partial charge in [0.2, 0.25) is 5.95 Å². The van der Waals surface area contributed by atoms with Gasteiger partial charge in [0, 0.05) is 3.57 Å². The first-order chi connectivity index (χ1) is 14.4. The Labute approximate surface area is 182 Å². The molecule has 2 heterocycles. The van der Waals surface area contributed by atoms with Crippen LogP contribution in [0.25, 0.3) is 0 Å². The molecular formula is C19H15F4IN4O2. The van der Waals surface area contributed by atoms with Gasteiger partial charge in [-0.15, -0.1) is 0 Å². The first kappa shape index (κ1) is 20.7. The number of anilines is 1. The highest BCUT2D eigenvalue weighted by molar-refractivity contribution is 14.1. The van der Waals surface area contributed by atoms with E-state index in [-0.39, 0.29) is 12.1 Å². The summed E-state index contributed by atoms with van der Waals surface area (Å²) in [4.78, 5) is 4.22. The number of fused-ring (bicyclic) bond motifs is 1. The van der Waals surface area contributed by atoms with Crippen LogP contribution in [0, 0.1) is 3.57 Å². The molecule has 0 saturated carbocycles. The fourth-order valence-corrected chi connectivity index (χ4v) is 3.78. The number of rotatable bonds is 6. The molecule has 4 rings (SSSR count). The third kappa shape index (κ3) is 4.45. The Kier molecular flexibility index (Phi) is 5.97. The minimum atomic E-state index is -3.19. The molecule has 11 heteroatoms. The number of alkyl halides is 4. The Hall–Kier alpha value is -2.57. The minimum Gasteiger partial charge on any atom is -0.431 e. The Balaban J connectivity index is 1.70. The second-order valence-corrected chi connectivity index (χ2v) is 7.74. The van der Waals surface area contributed by atoms with E-state index in [4.69, 9.17) is 0 Å². The summed E-state index contributed by atoms with van der Waals surface area (Å²) in [7, 11) is 0. The highest BCUT2D eigenvalue weighted by Crippen LogP contribution is 2.40. The molecule has 1 aliphatic heterocycles. The van der Waals surface area contributed by atoms with Crippen molar-refractivity contribution in [3.05, 3.63) is 63.5 Å². The molecule has 1 aliphatic rings. The quantitative estimate of drug-likeness (QED) is 0.347. The van der Waals surface area contributed by atoms with Crippen molar-refractivity contribution in [2.75, 3.05) is 5.32 Å². The number of nitrogens with one attached hydrogen (secondary N) is 1. The Bertz CT molecular complexity index is 1020. The summed E-state index contributed by atoms with van der Waals surface area (Å²) in [5, 5.41) is 7.53. The van der Waals surface area contributed by atoms with E-state index in [0.717, 1.165) is 9.13 Å². The summed E-state index contributed by atoms with van der Waals surface area (Å²) in [6.07, 6.45) is 1.91. The summed E-state index contributed by atoms with van der Waals surface area (Å²) >= 11 is 2.22. The van der Waals surface area contributed by atoms with Crippen molar-refractivity contribution in [2.24, 2.45) is 0 Å². The number of hydrogen-bond acceptors (Lipinski definition) is 5. The highest BCUT2D eigenvalue weighted by Gasteiger charge is 2.31. The monoisotopic (exact) mass is 534 g/mol. The molecule has 2 unspecified atom stereocenters. The van der Waals surface area contributed by atoms with E-state index in [9.17, 15) is 17.6 Å². The zero-order chi connectivity index (χ0) is 21.3. The number of aromatic nitrogens is 3. The molecule has 3 aromatic rings. The first-order valence-corrected chi connectivity index (χ1v) is 9.93. The zero-order valence-corrected chi connectivity index (χ0v) is 17.3. The van der Waals surface area contributed by atoms with E-state index in [2.05, 4.69) is 47.5 Å². The van der Waals surface area contributed by atoms with Gasteiger partial charge in [-0.3, -0.25) is 0 Å². The predicted molar refractivity (Wildman–Crippen MR) is 108 cm³/mol. The molecule has 0 spiro atoms. The Morgan fingerprint density at radius 3 is 2.33 bits per heavy atom. The van der Waals surface area contributed by atoms with E-state index in [0.29, 0.717) is 17.9 Å². The zero-order valence-electron chi connectivity index (χ0n) is 15.2. The maximum Gasteiger partial charge on any atom is 0.387 e. The van der Waals surface area contributed by atoms with E-state index < -0.39 is 24.7 Å². The molecule has 6 nitrogen and oxygen atoms in total. The summed E-state index contributed by atoms with van der Waals surface area (Å²) in [6, 6.07) is 11.5. The summed E-state index contributed by atoms with van der Waals surface area (Å²) < 4.78 is 62.3. The SMILES string of the molecule is FC(F)Oc1ccc(C2CC(c3ccc(I)cc3)Nc3ncnn32)cc1OC(F)F. The summed E-state index contributed by atoms with van der Waals surface area (Å²) in [5.41, 5.74) is 1.58. The highest BCUT2D eigenvalue weighted by atomic mass is 127. The molecule has 0 fully saturated rings. The van der Waals surface area contributed by atoms with Gasteiger partial charge in [0.15, 0.2) is 11.5 Å². The third-order valence-electron chi connectivity index (χ3n) is 4.69. The van der Waals surface area contributed by atoms with Gasteiger partial charge in [-0.05, 0) is 64.4 Å². The largest absolute Gasteiger partial charge is 0.431 e. The lowest BCUT2D eigenvalue weighted by Crippen LogP contribution is -2.28. The summed E-state index contributed by atoms with van der Waals surface area (Å²) in [5.74, 6) is -0.413. The third-order valence-corrected chi connectivity index (χ3v) is 5.41. The van der Waals surface area contributed by atoms with Gasteiger partial charge in [-0.1, -0.05) is 18.2 Å². The van der Waals surface area contributed by atoms with Crippen LogP contribution in [-0.4, -0.2) is 28.0 Å². The van der Waals surface area contributed by atoms with Crippen LogP contribution < -0.4 is 14.8 Å². The minimum absolute atomic E-state index is 0.111. The van der Waals surface area contributed by atoms with Gasteiger partial charge < -0.3 is 14.8 Å². The second-order valence-electron chi connectivity index (χ2n) is 6.49. The maximum atomic E-state index is 12.8. The van der Waals surface area contributed by atoms with Gasteiger partial charge in [0.1, 0.15) is 6.33 Å². The topological polar surface area (TPSA) is 61.2 Å². The van der Waals surface area contributed by atoms with Crippen molar-refractivity contribution >= 4 is 28.5 Å². The molecule has 2 atom stereocenters. The van der Waals surface area contributed by atoms with Crippen LogP contribution in [0.3, 0.4) is 0 Å².